The summed E-state index contributed by atoms with van der Waals surface area (Å²) in [7, 11) is 0. The molecule has 2 aliphatic heterocycles. The minimum atomic E-state index is 0.181. The van der Waals surface area contributed by atoms with E-state index in [4.69, 9.17) is 0 Å². The van der Waals surface area contributed by atoms with E-state index in [0.29, 0.717) is 12.5 Å². The molecule has 1 spiro atoms. The van der Waals surface area contributed by atoms with Crippen LogP contribution in [0, 0.1) is 11.8 Å². The number of rotatable bonds is 4. The molecule has 0 aromatic rings. The number of amides is 1. The topological polar surface area (TPSA) is 43.8 Å². The van der Waals surface area contributed by atoms with E-state index in [2.05, 4.69) is 15.9 Å². The molecule has 2 saturated heterocycles. The SMILES string of the molecule is O=C(C1=CCCCC1)N1CC2(C[C@@H](CO)CN2CC2CC2)C1. The summed E-state index contributed by atoms with van der Waals surface area (Å²) in [6.45, 7) is 4.26. The highest BCUT2D eigenvalue weighted by atomic mass is 16.3. The predicted molar refractivity (Wildman–Crippen MR) is 85.4 cm³/mol. The van der Waals surface area contributed by atoms with Crippen molar-refractivity contribution < 1.29 is 9.90 Å². The predicted octanol–water partition coefficient (Wildman–Crippen LogP) is 1.79. The van der Waals surface area contributed by atoms with E-state index in [1.165, 1.54) is 25.8 Å². The molecule has 1 saturated carbocycles. The first-order chi connectivity index (χ1) is 10.7. The molecule has 0 aromatic heterocycles. The summed E-state index contributed by atoms with van der Waals surface area (Å²) in [5, 5.41) is 9.55. The Morgan fingerprint density at radius 3 is 2.73 bits per heavy atom. The number of likely N-dealkylation sites (tertiary alicyclic amines) is 2. The van der Waals surface area contributed by atoms with Gasteiger partial charge in [0.25, 0.3) is 0 Å². The number of aliphatic hydroxyl groups is 1. The number of nitrogens with zero attached hydrogens (tertiary/aromatic N) is 2. The fraction of sp³-hybridized carbons (Fsp3) is 0.833. The summed E-state index contributed by atoms with van der Waals surface area (Å²) in [5.41, 5.74) is 1.23. The highest BCUT2D eigenvalue weighted by Gasteiger charge is 2.55. The van der Waals surface area contributed by atoms with Crippen LogP contribution < -0.4 is 0 Å². The van der Waals surface area contributed by atoms with Gasteiger partial charge in [0.1, 0.15) is 0 Å². The number of carbonyl (C=O) groups is 1. The van der Waals surface area contributed by atoms with Crippen LogP contribution in [-0.4, -0.2) is 59.1 Å². The van der Waals surface area contributed by atoms with E-state index in [-0.39, 0.29) is 11.4 Å². The summed E-state index contributed by atoms with van der Waals surface area (Å²) in [5.74, 6) is 1.56. The lowest BCUT2D eigenvalue weighted by atomic mass is 9.83. The van der Waals surface area contributed by atoms with E-state index in [1.807, 2.05) is 0 Å². The molecule has 4 heteroatoms. The van der Waals surface area contributed by atoms with Crippen molar-refractivity contribution >= 4 is 5.91 Å². The first-order valence-electron chi connectivity index (χ1n) is 9.04. The molecule has 4 nitrogen and oxygen atoms in total. The molecule has 1 atom stereocenters. The Hall–Kier alpha value is -0.870. The number of aliphatic hydroxyl groups excluding tert-OH is 1. The van der Waals surface area contributed by atoms with Crippen molar-refractivity contribution in [3.63, 3.8) is 0 Å². The average Bonchev–Trinajstić information content (AvgIpc) is 3.25. The van der Waals surface area contributed by atoms with Crippen molar-refractivity contribution in [1.82, 2.24) is 9.80 Å². The Balaban J connectivity index is 1.40. The second-order valence-electron chi connectivity index (χ2n) is 7.96. The highest BCUT2D eigenvalue weighted by Crippen LogP contribution is 2.43. The third kappa shape index (κ3) is 2.61. The van der Waals surface area contributed by atoms with E-state index in [0.717, 1.165) is 56.8 Å². The van der Waals surface area contributed by atoms with Crippen LogP contribution in [0.4, 0.5) is 0 Å². The van der Waals surface area contributed by atoms with Gasteiger partial charge in [0, 0.05) is 38.4 Å². The second kappa shape index (κ2) is 5.64. The smallest absolute Gasteiger partial charge is 0.249 e. The third-order valence-electron chi connectivity index (χ3n) is 6.07. The maximum absolute atomic E-state index is 12.6. The van der Waals surface area contributed by atoms with Crippen LogP contribution in [0.3, 0.4) is 0 Å². The quantitative estimate of drug-likeness (QED) is 0.861. The van der Waals surface area contributed by atoms with Crippen molar-refractivity contribution in [2.24, 2.45) is 11.8 Å². The number of hydrogen-bond acceptors (Lipinski definition) is 3. The molecule has 4 aliphatic rings. The lowest BCUT2D eigenvalue weighted by Crippen LogP contribution is -2.69. The van der Waals surface area contributed by atoms with Gasteiger partial charge in [0.15, 0.2) is 0 Å². The minimum Gasteiger partial charge on any atom is -0.396 e. The van der Waals surface area contributed by atoms with Crippen molar-refractivity contribution in [2.45, 2.75) is 50.5 Å². The first kappa shape index (κ1) is 14.7. The summed E-state index contributed by atoms with van der Waals surface area (Å²) in [4.78, 5) is 17.3. The molecular formula is C18H28N2O2. The molecule has 0 radical (unpaired) electrons. The van der Waals surface area contributed by atoms with Crippen LogP contribution in [0.5, 0.6) is 0 Å². The van der Waals surface area contributed by atoms with Gasteiger partial charge in [0.05, 0.1) is 5.54 Å². The Morgan fingerprint density at radius 2 is 2.09 bits per heavy atom. The van der Waals surface area contributed by atoms with Crippen LogP contribution in [0.1, 0.15) is 44.9 Å². The minimum absolute atomic E-state index is 0.181. The van der Waals surface area contributed by atoms with Gasteiger partial charge in [-0.3, -0.25) is 9.69 Å². The molecule has 22 heavy (non-hydrogen) atoms. The lowest BCUT2D eigenvalue weighted by Gasteiger charge is -2.53. The largest absolute Gasteiger partial charge is 0.396 e. The zero-order chi connectivity index (χ0) is 15.2. The van der Waals surface area contributed by atoms with Gasteiger partial charge >= 0.3 is 0 Å². The third-order valence-corrected chi connectivity index (χ3v) is 6.07. The van der Waals surface area contributed by atoms with E-state index < -0.39 is 0 Å². The monoisotopic (exact) mass is 304 g/mol. The van der Waals surface area contributed by atoms with Crippen LogP contribution in [0.15, 0.2) is 11.6 Å². The summed E-state index contributed by atoms with van der Waals surface area (Å²) >= 11 is 0. The normalized spacial score (nSPS) is 31.2. The maximum atomic E-state index is 12.6. The van der Waals surface area contributed by atoms with Crippen LogP contribution in [0.25, 0.3) is 0 Å². The van der Waals surface area contributed by atoms with Gasteiger partial charge in [-0.2, -0.15) is 0 Å². The Labute approximate surface area is 133 Å². The molecule has 0 aromatic carbocycles. The van der Waals surface area contributed by atoms with Crippen molar-refractivity contribution in [3.05, 3.63) is 11.6 Å². The van der Waals surface area contributed by atoms with Crippen LogP contribution in [0.2, 0.25) is 0 Å². The van der Waals surface area contributed by atoms with Crippen LogP contribution >= 0.6 is 0 Å². The molecule has 0 unspecified atom stereocenters. The maximum Gasteiger partial charge on any atom is 0.249 e. The number of allylic oxidation sites excluding steroid dienone is 1. The summed E-state index contributed by atoms with van der Waals surface area (Å²) in [6, 6.07) is 0. The fourth-order valence-corrected chi connectivity index (χ4v) is 4.61. The highest BCUT2D eigenvalue weighted by molar-refractivity contribution is 5.94. The number of hydrogen-bond donors (Lipinski definition) is 1. The zero-order valence-electron chi connectivity index (χ0n) is 13.5. The molecule has 1 amide bonds. The van der Waals surface area contributed by atoms with Gasteiger partial charge in [-0.05, 0) is 56.8 Å². The van der Waals surface area contributed by atoms with E-state index in [1.54, 1.807) is 0 Å². The molecule has 1 N–H and O–H groups in total. The van der Waals surface area contributed by atoms with Gasteiger partial charge < -0.3 is 10.0 Å². The van der Waals surface area contributed by atoms with Crippen molar-refractivity contribution in [3.8, 4) is 0 Å². The van der Waals surface area contributed by atoms with Crippen molar-refractivity contribution in [2.75, 3.05) is 32.8 Å². The molecule has 3 fully saturated rings. The van der Waals surface area contributed by atoms with Gasteiger partial charge in [-0.25, -0.2) is 0 Å². The van der Waals surface area contributed by atoms with Crippen molar-refractivity contribution in [1.29, 1.82) is 0 Å². The molecule has 2 heterocycles. The number of carbonyl (C=O) groups excluding carboxylic acids is 1. The lowest BCUT2D eigenvalue weighted by molar-refractivity contribution is -0.140. The molecule has 122 valence electrons. The van der Waals surface area contributed by atoms with Gasteiger partial charge in [-0.1, -0.05) is 6.08 Å². The summed E-state index contributed by atoms with van der Waals surface area (Å²) in [6.07, 6.45) is 10.4. The second-order valence-corrected chi connectivity index (χ2v) is 7.96. The zero-order valence-corrected chi connectivity index (χ0v) is 13.5. The molecule has 4 rings (SSSR count). The fourth-order valence-electron chi connectivity index (χ4n) is 4.61. The van der Waals surface area contributed by atoms with Crippen LogP contribution in [-0.2, 0) is 4.79 Å². The summed E-state index contributed by atoms with van der Waals surface area (Å²) < 4.78 is 0. The van der Waals surface area contributed by atoms with Gasteiger partial charge in [-0.15, -0.1) is 0 Å². The average molecular weight is 304 g/mol. The molecular weight excluding hydrogens is 276 g/mol. The molecule has 0 bridgehead atoms. The first-order valence-corrected chi connectivity index (χ1v) is 9.04. The van der Waals surface area contributed by atoms with Gasteiger partial charge in [0.2, 0.25) is 5.91 Å². The Kier molecular flexibility index (Phi) is 3.77. The standard InChI is InChI=1S/C18H28N2O2/c21-11-15-8-18(20(10-15)9-14-6-7-14)12-19(13-18)17(22)16-4-2-1-3-5-16/h4,14-15,21H,1-3,5-13H2/t15-/m1/s1. The Morgan fingerprint density at radius 1 is 1.27 bits per heavy atom. The Bertz CT molecular complexity index is 477. The van der Waals surface area contributed by atoms with E-state index >= 15 is 0 Å². The van der Waals surface area contributed by atoms with E-state index in [9.17, 15) is 9.90 Å². The molecule has 2 aliphatic carbocycles.